The maximum atomic E-state index is 13.8. The van der Waals surface area contributed by atoms with E-state index >= 15 is 0 Å². The maximum absolute atomic E-state index is 13.8. The molecule has 0 saturated heterocycles. The minimum absolute atomic E-state index is 0.172. The summed E-state index contributed by atoms with van der Waals surface area (Å²) in [5, 5.41) is 0.992. The Kier molecular flexibility index (Phi) is 6.25. The first-order valence-electron chi connectivity index (χ1n) is 12.0. The average molecular weight is 482 g/mol. The SMILES string of the molecule is CCC(C)C(C(=O)NNC(=O)c1ccncc1)N1C(=O)c2ccccc2C1c1c[nH]c2ccccc12. The van der Waals surface area contributed by atoms with E-state index in [1.54, 1.807) is 23.1 Å². The summed E-state index contributed by atoms with van der Waals surface area (Å²) in [4.78, 5) is 48.8. The van der Waals surface area contributed by atoms with Crippen LogP contribution in [0.5, 0.6) is 0 Å². The number of H-pyrrole nitrogens is 1. The van der Waals surface area contributed by atoms with Crippen molar-refractivity contribution in [1.29, 1.82) is 0 Å². The number of amides is 3. The number of nitrogens with one attached hydrogen (secondary N) is 3. The van der Waals surface area contributed by atoms with Gasteiger partial charge in [0.1, 0.15) is 6.04 Å². The lowest BCUT2D eigenvalue weighted by Crippen LogP contribution is -2.55. The van der Waals surface area contributed by atoms with E-state index < -0.39 is 23.9 Å². The van der Waals surface area contributed by atoms with Crippen molar-refractivity contribution in [2.75, 3.05) is 0 Å². The molecule has 0 saturated carbocycles. The lowest BCUT2D eigenvalue weighted by Gasteiger charge is -2.36. The number of carbonyl (C=O) groups excluding carboxylic acids is 3. The second-order valence-electron chi connectivity index (χ2n) is 9.00. The second-order valence-corrected chi connectivity index (χ2v) is 9.00. The van der Waals surface area contributed by atoms with Gasteiger partial charge in [-0.05, 0) is 35.7 Å². The standard InChI is InChI=1S/C28H27N5O3/c1-3-17(2)24(27(35)32-31-26(34)18-12-14-29-15-13-18)33-25(20-9-4-5-10-21(20)28(33)36)22-16-30-23-11-7-6-8-19(22)23/h4-17,24-25,30H,3H2,1-2H3,(H,31,34)(H,32,35). The van der Waals surface area contributed by atoms with Crippen molar-refractivity contribution >= 4 is 28.6 Å². The number of hydrazine groups is 1. The first-order chi connectivity index (χ1) is 17.5. The molecule has 3 N–H and O–H groups in total. The van der Waals surface area contributed by atoms with Crippen LogP contribution in [0.4, 0.5) is 0 Å². The minimum Gasteiger partial charge on any atom is -0.361 e. The molecule has 2 aromatic carbocycles. The molecule has 3 heterocycles. The summed E-state index contributed by atoms with van der Waals surface area (Å²) >= 11 is 0. The summed E-state index contributed by atoms with van der Waals surface area (Å²) < 4.78 is 0. The molecule has 8 nitrogen and oxygen atoms in total. The Morgan fingerprint density at radius 3 is 2.50 bits per heavy atom. The molecule has 2 aromatic heterocycles. The van der Waals surface area contributed by atoms with Crippen molar-refractivity contribution in [2.45, 2.75) is 32.4 Å². The maximum Gasteiger partial charge on any atom is 0.269 e. The summed E-state index contributed by atoms with van der Waals surface area (Å²) in [6.45, 7) is 3.92. The molecular weight excluding hydrogens is 454 g/mol. The molecule has 0 fully saturated rings. The van der Waals surface area contributed by atoms with Gasteiger partial charge in [-0.1, -0.05) is 56.7 Å². The third-order valence-corrected chi connectivity index (χ3v) is 6.91. The van der Waals surface area contributed by atoms with Crippen LogP contribution >= 0.6 is 0 Å². The quantitative estimate of drug-likeness (QED) is 0.362. The zero-order valence-electron chi connectivity index (χ0n) is 20.1. The van der Waals surface area contributed by atoms with Gasteiger partial charge in [0.25, 0.3) is 17.7 Å². The number of hydrogen-bond donors (Lipinski definition) is 3. The molecule has 0 spiro atoms. The Balaban J connectivity index is 1.52. The van der Waals surface area contributed by atoms with Gasteiger partial charge in [-0.15, -0.1) is 0 Å². The fourth-order valence-corrected chi connectivity index (χ4v) is 4.91. The van der Waals surface area contributed by atoms with E-state index in [1.807, 2.05) is 62.5 Å². The van der Waals surface area contributed by atoms with E-state index in [9.17, 15) is 14.4 Å². The molecule has 182 valence electrons. The highest BCUT2D eigenvalue weighted by Gasteiger charge is 2.46. The molecule has 0 aliphatic carbocycles. The van der Waals surface area contributed by atoms with Gasteiger partial charge in [0, 0.05) is 46.2 Å². The molecule has 3 atom stereocenters. The van der Waals surface area contributed by atoms with Gasteiger partial charge in [-0.3, -0.25) is 30.2 Å². The van der Waals surface area contributed by atoms with E-state index in [4.69, 9.17) is 0 Å². The highest BCUT2D eigenvalue weighted by atomic mass is 16.2. The van der Waals surface area contributed by atoms with Crippen molar-refractivity contribution in [2.24, 2.45) is 5.92 Å². The third-order valence-electron chi connectivity index (χ3n) is 6.91. The van der Waals surface area contributed by atoms with Crippen molar-refractivity contribution < 1.29 is 14.4 Å². The number of nitrogens with zero attached hydrogens (tertiary/aromatic N) is 2. The second kappa shape index (κ2) is 9.65. The largest absolute Gasteiger partial charge is 0.361 e. The molecule has 8 heteroatoms. The van der Waals surface area contributed by atoms with Gasteiger partial charge in [-0.2, -0.15) is 0 Å². The van der Waals surface area contributed by atoms with E-state index in [2.05, 4.69) is 20.8 Å². The normalized spacial score (nSPS) is 16.4. The average Bonchev–Trinajstić information content (AvgIpc) is 3.46. The summed E-state index contributed by atoms with van der Waals surface area (Å²) in [5.74, 6) is -1.29. The number of hydrogen-bond acceptors (Lipinski definition) is 4. The predicted molar refractivity (Wildman–Crippen MR) is 136 cm³/mol. The predicted octanol–water partition coefficient (Wildman–Crippen LogP) is 3.98. The summed E-state index contributed by atoms with van der Waals surface area (Å²) in [7, 11) is 0. The van der Waals surface area contributed by atoms with E-state index in [1.165, 1.54) is 12.4 Å². The highest BCUT2D eigenvalue weighted by Crippen LogP contribution is 2.43. The van der Waals surface area contributed by atoms with E-state index in [0.29, 0.717) is 17.5 Å². The molecular formula is C28H27N5O3. The Morgan fingerprint density at radius 2 is 1.72 bits per heavy atom. The van der Waals surface area contributed by atoms with Gasteiger partial charge in [0.05, 0.1) is 6.04 Å². The van der Waals surface area contributed by atoms with Crippen molar-refractivity contribution in [3.8, 4) is 0 Å². The van der Waals surface area contributed by atoms with Gasteiger partial charge in [0.15, 0.2) is 0 Å². The minimum atomic E-state index is -0.814. The molecule has 0 radical (unpaired) electrons. The molecule has 1 aliphatic heterocycles. The number of aromatic amines is 1. The number of benzene rings is 2. The Bertz CT molecular complexity index is 1430. The first-order valence-corrected chi connectivity index (χ1v) is 12.0. The van der Waals surface area contributed by atoms with Crippen molar-refractivity contribution in [1.82, 2.24) is 25.7 Å². The third kappa shape index (κ3) is 4.00. The monoisotopic (exact) mass is 481 g/mol. The van der Waals surface area contributed by atoms with Gasteiger partial charge in [0.2, 0.25) is 0 Å². The summed E-state index contributed by atoms with van der Waals surface area (Å²) in [5.41, 5.74) is 8.73. The van der Waals surface area contributed by atoms with Gasteiger partial charge < -0.3 is 9.88 Å². The van der Waals surface area contributed by atoms with Crippen LogP contribution in [0.15, 0.2) is 79.3 Å². The van der Waals surface area contributed by atoms with Gasteiger partial charge >= 0.3 is 0 Å². The van der Waals surface area contributed by atoms with Crippen LogP contribution in [0.1, 0.15) is 58.2 Å². The first kappa shape index (κ1) is 23.3. The number of aromatic nitrogens is 2. The van der Waals surface area contributed by atoms with Crippen LogP contribution in [0.3, 0.4) is 0 Å². The fourth-order valence-electron chi connectivity index (χ4n) is 4.91. The van der Waals surface area contributed by atoms with Crippen molar-refractivity contribution in [3.63, 3.8) is 0 Å². The van der Waals surface area contributed by atoms with Crippen LogP contribution in [0.25, 0.3) is 10.9 Å². The lowest BCUT2D eigenvalue weighted by molar-refractivity contribution is -0.128. The molecule has 36 heavy (non-hydrogen) atoms. The number of para-hydroxylation sites is 1. The molecule has 3 amide bonds. The Hall–Kier alpha value is -4.46. The van der Waals surface area contributed by atoms with Gasteiger partial charge in [-0.25, -0.2) is 0 Å². The van der Waals surface area contributed by atoms with Crippen LogP contribution in [0, 0.1) is 5.92 Å². The molecule has 4 aromatic rings. The Morgan fingerprint density at radius 1 is 1.00 bits per heavy atom. The van der Waals surface area contributed by atoms with Crippen LogP contribution < -0.4 is 10.9 Å². The summed E-state index contributed by atoms with van der Waals surface area (Å²) in [6, 6.07) is 17.2. The smallest absolute Gasteiger partial charge is 0.269 e. The molecule has 1 aliphatic rings. The topological polar surface area (TPSA) is 107 Å². The number of pyridine rings is 1. The van der Waals surface area contributed by atoms with E-state index in [0.717, 1.165) is 22.0 Å². The fraction of sp³-hybridized carbons (Fsp3) is 0.214. The van der Waals surface area contributed by atoms with E-state index in [-0.39, 0.29) is 11.8 Å². The lowest BCUT2D eigenvalue weighted by atomic mass is 9.93. The summed E-state index contributed by atoms with van der Waals surface area (Å²) in [6.07, 6.45) is 5.58. The van der Waals surface area contributed by atoms with Crippen LogP contribution in [-0.4, -0.2) is 38.6 Å². The number of carbonyl (C=O) groups is 3. The molecule has 0 bridgehead atoms. The molecule has 5 rings (SSSR count). The zero-order valence-corrected chi connectivity index (χ0v) is 20.1. The van der Waals surface area contributed by atoms with Crippen molar-refractivity contribution in [3.05, 3.63) is 102 Å². The Labute approximate surface area is 208 Å². The highest BCUT2D eigenvalue weighted by molar-refractivity contribution is 6.04. The molecule has 3 unspecified atom stereocenters. The number of fused-ring (bicyclic) bond motifs is 2. The zero-order chi connectivity index (χ0) is 25.2. The number of rotatable bonds is 6. The van der Waals surface area contributed by atoms with Crippen LogP contribution in [0.2, 0.25) is 0 Å². The van der Waals surface area contributed by atoms with Crippen LogP contribution in [-0.2, 0) is 4.79 Å².